The Labute approximate surface area is 291 Å². The Morgan fingerprint density at radius 2 is 1.47 bits per heavy atom. The molecule has 2 amide bonds. The first kappa shape index (κ1) is 37.8. The summed E-state index contributed by atoms with van der Waals surface area (Å²) in [6, 6.07) is 16.8. The summed E-state index contributed by atoms with van der Waals surface area (Å²) in [5, 5.41) is 5.60. The quantitative estimate of drug-likeness (QED) is 0.0702. The molecule has 0 aliphatic rings. The van der Waals surface area contributed by atoms with Crippen molar-refractivity contribution in [1.29, 1.82) is 0 Å². The predicted molar refractivity (Wildman–Crippen MR) is 192 cm³/mol. The first-order valence-electron chi connectivity index (χ1n) is 15.7. The minimum Gasteiger partial charge on any atom is -0.497 e. The van der Waals surface area contributed by atoms with Crippen molar-refractivity contribution in [3.63, 3.8) is 0 Å². The Morgan fingerprint density at radius 3 is 2.04 bits per heavy atom. The van der Waals surface area contributed by atoms with Gasteiger partial charge in [-0.3, -0.25) is 19.2 Å². The molecule has 0 saturated carbocycles. The molecular formula is C37H44BrClN2O6. The Hall–Kier alpha value is -3.69. The second-order valence-corrected chi connectivity index (χ2v) is 14.0. The topological polar surface area (TPSA) is 111 Å². The maximum Gasteiger partial charge on any atom is 0.265 e. The van der Waals surface area contributed by atoms with Crippen LogP contribution in [0.2, 0.25) is 5.02 Å². The molecule has 0 aromatic heterocycles. The van der Waals surface area contributed by atoms with Gasteiger partial charge in [-0.1, -0.05) is 88.1 Å². The second kappa shape index (κ2) is 15.9. The van der Waals surface area contributed by atoms with Gasteiger partial charge in [0.2, 0.25) is 17.5 Å². The molecule has 0 saturated heterocycles. The number of nitrogens with one attached hydrogen (secondary N) is 2. The van der Waals surface area contributed by atoms with Gasteiger partial charge in [-0.15, -0.1) is 0 Å². The summed E-state index contributed by atoms with van der Waals surface area (Å²) in [6.07, 6.45) is 1.48. The van der Waals surface area contributed by atoms with E-state index < -0.39 is 28.4 Å². The van der Waals surface area contributed by atoms with E-state index in [9.17, 15) is 19.2 Å². The van der Waals surface area contributed by atoms with E-state index in [1.807, 2.05) is 13.0 Å². The van der Waals surface area contributed by atoms with E-state index >= 15 is 0 Å². The zero-order valence-corrected chi connectivity index (χ0v) is 30.6. The van der Waals surface area contributed by atoms with E-state index in [0.29, 0.717) is 23.6 Å². The molecule has 47 heavy (non-hydrogen) atoms. The van der Waals surface area contributed by atoms with Crippen LogP contribution in [0.3, 0.4) is 0 Å². The van der Waals surface area contributed by atoms with E-state index in [1.54, 1.807) is 18.2 Å². The molecule has 10 heteroatoms. The van der Waals surface area contributed by atoms with Crippen LogP contribution in [-0.4, -0.2) is 41.4 Å². The van der Waals surface area contributed by atoms with Crippen molar-refractivity contribution in [3.8, 4) is 11.5 Å². The molecule has 0 aliphatic heterocycles. The summed E-state index contributed by atoms with van der Waals surface area (Å²) in [4.78, 5) is 50.4. The molecule has 3 rings (SSSR count). The fourth-order valence-electron chi connectivity index (χ4n) is 4.69. The number of benzene rings is 3. The molecular weight excluding hydrogens is 684 g/mol. The summed E-state index contributed by atoms with van der Waals surface area (Å²) >= 11 is 9.39. The first-order chi connectivity index (χ1) is 22.1. The molecule has 2 atom stereocenters. The lowest BCUT2D eigenvalue weighted by Crippen LogP contribution is -2.35. The molecule has 2 N–H and O–H groups in total. The molecule has 252 valence electrons. The summed E-state index contributed by atoms with van der Waals surface area (Å²) < 4.78 is 11.5. The van der Waals surface area contributed by atoms with Crippen LogP contribution < -0.4 is 20.1 Å². The molecule has 0 bridgehead atoms. The fraction of sp³-hybridized carbons (Fsp3) is 0.405. The highest BCUT2D eigenvalue weighted by atomic mass is 79.9. The van der Waals surface area contributed by atoms with Gasteiger partial charge in [0.15, 0.2) is 10.9 Å². The van der Waals surface area contributed by atoms with Gasteiger partial charge in [-0.25, -0.2) is 0 Å². The zero-order chi connectivity index (χ0) is 35.1. The smallest absolute Gasteiger partial charge is 0.265 e. The SMILES string of the molecule is CCC(Oc1ccc(C(C)(C)CC)cc1C(C)(C)CC)C(=O)Nc1ccc(Cl)c(NC(=O)C(Br)C(=O)C(=O)c2ccc(OC)cc2)c1. The maximum absolute atomic E-state index is 13.5. The minimum atomic E-state index is -1.47. The van der Waals surface area contributed by atoms with Gasteiger partial charge >= 0.3 is 0 Å². The summed E-state index contributed by atoms with van der Waals surface area (Å²) in [6.45, 7) is 14.9. The Morgan fingerprint density at radius 1 is 0.830 bits per heavy atom. The van der Waals surface area contributed by atoms with Crippen molar-refractivity contribution in [3.05, 3.63) is 82.4 Å². The van der Waals surface area contributed by atoms with Crippen LogP contribution in [0.1, 0.15) is 89.2 Å². The molecule has 0 radical (unpaired) electrons. The number of amides is 2. The highest BCUT2D eigenvalue weighted by Crippen LogP contribution is 2.39. The van der Waals surface area contributed by atoms with Crippen LogP contribution in [0.25, 0.3) is 0 Å². The second-order valence-electron chi connectivity index (χ2n) is 12.7. The fourth-order valence-corrected chi connectivity index (χ4v) is 5.18. The van der Waals surface area contributed by atoms with Gasteiger partial charge in [0, 0.05) is 16.8 Å². The molecule has 3 aromatic rings. The van der Waals surface area contributed by atoms with Gasteiger partial charge in [0.05, 0.1) is 17.8 Å². The van der Waals surface area contributed by atoms with E-state index in [4.69, 9.17) is 21.1 Å². The molecule has 0 fully saturated rings. The predicted octanol–water partition coefficient (Wildman–Crippen LogP) is 8.67. The third-order valence-corrected chi connectivity index (χ3v) is 9.88. The van der Waals surface area contributed by atoms with E-state index in [1.165, 1.54) is 36.9 Å². The number of alkyl halides is 1. The summed E-state index contributed by atoms with van der Waals surface area (Å²) in [5.74, 6) is -1.77. The van der Waals surface area contributed by atoms with Crippen LogP contribution in [0.4, 0.5) is 11.4 Å². The van der Waals surface area contributed by atoms with Crippen molar-refractivity contribution in [2.24, 2.45) is 0 Å². The third-order valence-electron chi connectivity index (χ3n) is 8.72. The molecule has 0 aliphatic carbocycles. The van der Waals surface area contributed by atoms with Crippen LogP contribution in [-0.2, 0) is 25.2 Å². The van der Waals surface area contributed by atoms with Crippen molar-refractivity contribution in [2.45, 2.75) is 89.5 Å². The van der Waals surface area contributed by atoms with E-state index in [0.717, 1.165) is 18.4 Å². The summed E-state index contributed by atoms with van der Waals surface area (Å²) in [5.41, 5.74) is 2.71. The molecule has 0 spiro atoms. The van der Waals surface area contributed by atoms with Crippen LogP contribution in [0.5, 0.6) is 11.5 Å². The number of carbonyl (C=O) groups excluding carboxylic acids is 4. The molecule has 2 unspecified atom stereocenters. The number of hydrogen-bond acceptors (Lipinski definition) is 6. The average molecular weight is 728 g/mol. The largest absolute Gasteiger partial charge is 0.497 e. The van der Waals surface area contributed by atoms with Crippen molar-refractivity contribution >= 4 is 62.3 Å². The number of Topliss-reactive ketones (excluding diaryl/α,β-unsaturated/α-hetero) is 2. The number of ether oxygens (including phenoxy) is 2. The Balaban J connectivity index is 1.76. The first-order valence-corrected chi connectivity index (χ1v) is 17.0. The lowest BCUT2D eigenvalue weighted by molar-refractivity contribution is -0.123. The highest BCUT2D eigenvalue weighted by Gasteiger charge is 2.31. The van der Waals surface area contributed by atoms with E-state index in [2.05, 4.69) is 80.2 Å². The minimum absolute atomic E-state index is 0.00541. The molecule has 0 heterocycles. The van der Waals surface area contributed by atoms with Gasteiger partial charge in [0.1, 0.15) is 11.5 Å². The average Bonchev–Trinajstić information content (AvgIpc) is 3.07. The van der Waals surface area contributed by atoms with Crippen LogP contribution in [0, 0.1) is 0 Å². The third kappa shape index (κ3) is 9.23. The number of anilines is 2. The zero-order valence-electron chi connectivity index (χ0n) is 28.3. The highest BCUT2D eigenvalue weighted by molar-refractivity contribution is 9.10. The lowest BCUT2D eigenvalue weighted by atomic mass is 9.76. The van der Waals surface area contributed by atoms with Crippen molar-refractivity contribution in [2.75, 3.05) is 17.7 Å². The number of ketones is 2. The number of carbonyl (C=O) groups is 4. The standard InChI is InChI=1S/C37H44BrClN2O6/c1-9-29(47-30-19-14-23(36(4,5)10-2)20-26(30)37(6,7)11-3)34(44)40-24-15-18-27(39)28(21-24)41-35(45)31(38)33(43)32(42)22-12-16-25(46-8)17-13-22/h12-21,29,31H,9-11H2,1-8H3,(H,40,44)(H,41,45). The number of hydrogen-bond donors (Lipinski definition) is 2. The normalized spacial score (nSPS) is 12.9. The van der Waals surface area contributed by atoms with Gasteiger partial charge in [-0.2, -0.15) is 0 Å². The van der Waals surface area contributed by atoms with Gasteiger partial charge < -0.3 is 20.1 Å². The van der Waals surface area contributed by atoms with Crippen LogP contribution in [0.15, 0.2) is 60.7 Å². The monoisotopic (exact) mass is 726 g/mol. The Kier molecular flexibility index (Phi) is 12.8. The lowest BCUT2D eigenvalue weighted by Gasteiger charge is -2.31. The van der Waals surface area contributed by atoms with Gasteiger partial charge in [-0.05, 0) is 84.2 Å². The number of rotatable bonds is 15. The van der Waals surface area contributed by atoms with Gasteiger partial charge in [0.25, 0.3) is 5.91 Å². The summed E-state index contributed by atoms with van der Waals surface area (Å²) in [7, 11) is 1.49. The van der Waals surface area contributed by atoms with Crippen molar-refractivity contribution < 1.29 is 28.7 Å². The van der Waals surface area contributed by atoms with Crippen molar-refractivity contribution in [1.82, 2.24) is 0 Å². The number of halogens is 2. The Bertz CT molecular complexity index is 1620. The molecule has 8 nitrogen and oxygen atoms in total. The van der Waals surface area contributed by atoms with Crippen LogP contribution >= 0.6 is 27.5 Å². The number of methoxy groups -OCH3 is 1. The molecule has 3 aromatic carbocycles. The maximum atomic E-state index is 13.5. The van der Waals surface area contributed by atoms with E-state index in [-0.39, 0.29) is 33.0 Å².